The van der Waals surface area contributed by atoms with Gasteiger partial charge in [0.05, 0.1) is 9.81 Å². The zero-order valence-corrected chi connectivity index (χ0v) is 27.9. The molecule has 4 rings (SSSR count). The molecular weight excluding hydrogens is 613 g/mol. The number of piperazine rings is 2. The van der Waals surface area contributed by atoms with Gasteiger partial charge in [-0.05, 0) is 39.8 Å². The van der Waals surface area contributed by atoms with E-state index in [0.29, 0.717) is 44.4 Å². The maximum atomic E-state index is 13.2. The molecule has 4 aliphatic rings. The van der Waals surface area contributed by atoms with Crippen LogP contribution in [0.25, 0.3) is 0 Å². The molecule has 232 valence electrons. The number of hydrogen-bond acceptors (Lipinski definition) is 10. The van der Waals surface area contributed by atoms with Crippen LogP contribution >= 0.6 is 48.0 Å². The Bertz CT molecular complexity index is 1020. The lowest BCUT2D eigenvalue weighted by Crippen LogP contribution is -2.47. The molecule has 0 bridgehead atoms. The molecule has 14 heteroatoms. The third-order valence-electron chi connectivity index (χ3n) is 8.16. The fourth-order valence-corrected chi connectivity index (χ4v) is 8.10. The Morgan fingerprint density at radius 3 is 1.31 bits per heavy atom. The van der Waals surface area contributed by atoms with Gasteiger partial charge in [-0.2, -0.15) is 0 Å². The number of carbonyl (C=O) groups is 4. The van der Waals surface area contributed by atoms with Gasteiger partial charge in [0.1, 0.15) is 8.64 Å². The number of carbonyl (C=O) groups excluding carboxylic acids is 4. The minimum absolute atomic E-state index is 0.204. The Balaban J connectivity index is 1.16. The van der Waals surface area contributed by atoms with E-state index in [4.69, 9.17) is 24.4 Å². The second-order valence-corrected chi connectivity index (χ2v) is 14.6. The molecule has 0 aromatic carbocycles. The Labute approximate surface area is 268 Å². The van der Waals surface area contributed by atoms with Crippen molar-refractivity contribution < 1.29 is 19.2 Å². The predicted molar refractivity (Wildman–Crippen MR) is 176 cm³/mol. The lowest BCUT2D eigenvalue weighted by atomic mass is 10.1. The van der Waals surface area contributed by atoms with Gasteiger partial charge in [-0.1, -0.05) is 60.8 Å². The number of amides is 4. The molecule has 0 spiro atoms. The Morgan fingerprint density at radius 2 is 0.952 bits per heavy atom. The topological polar surface area (TPSA) is 87.7 Å². The van der Waals surface area contributed by atoms with E-state index in [-0.39, 0.29) is 23.6 Å². The zero-order valence-electron chi connectivity index (χ0n) is 24.7. The summed E-state index contributed by atoms with van der Waals surface area (Å²) in [5.74, 6) is -0.0624. The highest BCUT2D eigenvalue weighted by atomic mass is 32.2. The van der Waals surface area contributed by atoms with E-state index >= 15 is 0 Å². The van der Waals surface area contributed by atoms with E-state index in [1.807, 2.05) is 9.80 Å². The van der Waals surface area contributed by atoms with Gasteiger partial charge >= 0.3 is 0 Å². The fraction of sp³-hybridized carbons (Fsp3) is 0.714. The van der Waals surface area contributed by atoms with Gasteiger partial charge < -0.3 is 19.6 Å². The average Bonchev–Trinajstić information content (AvgIpc) is 3.41. The molecule has 4 saturated heterocycles. The number of thioether (sulfide) groups is 2. The fourth-order valence-electron chi connectivity index (χ4n) is 5.33. The van der Waals surface area contributed by atoms with Crippen molar-refractivity contribution in [3.63, 3.8) is 0 Å². The highest BCUT2D eigenvalue weighted by Gasteiger charge is 2.41. The first kappa shape index (κ1) is 33.3. The zero-order chi connectivity index (χ0) is 30.2. The normalized spacial score (nSPS) is 22.7. The van der Waals surface area contributed by atoms with E-state index < -0.39 is 0 Å². The smallest absolute Gasteiger partial charge is 0.267 e. The first-order chi connectivity index (χ1) is 20.2. The van der Waals surface area contributed by atoms with Gasteiger partial charge in [0, 0.05) is 78.3 Å². The monoisotopic (exact) mass is 654 g/mol. The molecule has 0 atom stereocenters. The first-order valence-corrected chi connectivity index (χ1v) is 17.3. The summed E-state index contributed by atoms with van der Waals surface area (Å²) in [6, 6.07) is 0. The first-order valence-electron chi connectivity index (χ1n) is 14.9. The lowest BCUT2D eigenvalue weighted by Gasteiger charge is -2.32. The highest BCUT2D eigenvalue weighted by molar-refractivity contribution is 8.29. The Hall–Kier alpha value is -1.58. The molecule has 0 aromatic heterocycles. The molecular formula is C28H42N6O4S4. The van der Waals surface area contributed by atoms with Crippen molar-refractivity contribution in [3.8, 4) is 0 Å². The van der Waals surface area contributed by atoms with Crippen molar-refractivity contribution in [1.82, 2.24) is 29.4 Å². The Morgan fingerprint density at radius 1 is 0.595 bits per heavy atom. The summed E-state index contributed by atoms with van der Waals surface area (Å²) in [5, 5.41) is 0. The lowest BCUT2D eigenvalue weighted by molar-refractivity contribution is -0.133. The minimum Gasteiger partial charge on any atom is -0.340 e. The molecule has 0 unspecified atom stereocenters. The molecule has 4 heterocycles. The van der Waals surface area contributed by atoms with Crippen LogP contribution in [0.2, 0.25) is 0 Å². The van der Waals surface area contributed by atoms with E-state index in [0.717, 1.165) is 90.9 Å². The van der Waals surface area contributed by atoms with Crippen LogP contribution < -0.4 is 0 Å². The molecule has 4 aliphatic heterocycles. The molecule has 0 N–H and O–H groups in total. The van der Waals surface area contributed by atoms with Gasteiger partial charge in [0.15, 0.2) is 0 Å². The Kier molecular flexibility index (Phi) is 12.6. The van der Waals surface area contributed by atoms with E-state index in [9.17, 15) is 19.2 Å². The molecule has 0 radical (unpaired) electrons. The number of thiocarbonyl (C=S) groups is 2. The van der Waals surface area contributed by atoms with Gasteiger partial charge in [0.2, 0.25) is 11.8 Å². The third-order valence-corrected chi connectivity index (χ3v) is 11.2. The average molecular weight is 655 g/mol. The predicted octanol–water partition coefficient (Wildman–Crippen LogP) is 2.59. The SMILES string of the molecule is CN1CCN(C(=O)CCCCCN2C(=O)C(=C3SC(=S)N(CCCCCC(=O)N4CCN(C)CC4)C3=O)SC2=S)CC1. The van der Waals surface area contributed by atoms with E-state index in [1.165, 1.54) is 23.5 Å². The van der Waals surface area contributed by atoms with Crippen molar-refractivity contribution in [2.75, 3.05) is 79.5 Å². The highest BCUT2D eigenvalue weighted by Crippen LogP contribution is 2.42. The maximum Gasteiger partial charge on any atom is 0.267 e. The summed E-state index contributed by atoms with van der Waals surface area (Å²) in [5.41, 5.74) is 0. The number of nitrogens with zero attached hydrogens (tertiary/aromatic N) is 6. The largest absolute Gasteiger partial charge is 0.340 e. The summed E-state index contributed by atoms with van der Waals surface area (Å²) < 4.78 is 0.914. The van der Waals surface area contributed by atoms with Crippen LogP contribution in [0.3, 0.4) is 0 Å². The van der Waals surface area contributed by atoms with Gasteiger partial charge in [-0.25, -0.2) is 0 Å². The summed E-state index contributed by atoms with van der Waals surface area (Å²) in [6.07, 6.45) is 5.76. The second-order valence-electron chi connectivity index (χ2n) is 11.3. The summed E-state index contributed by atoms with van der Waals surface area (Å²) >= 11 is 13.3. The molecule has 10 nitrogen and oxygen atoms in total. The standard InChI is InChI=1S/C28H42N6O4S4/c1-29-13-17-31(18-14-29)21(35)9-5-3-7-11-33-25(37)23(41-27(33)39)24-26(38)34(28(40)42-24)12-8-4-6-10-22(36)32-19-15-30(2)16-20-32/h3-20H2,1-2H3. The molecule has 0 aromatic rings. The van der Waals surface area contributed by atoms with Gasteiger partial charge in [-0.3, -0.25) is 29.0 Å². The van der Waals surface area contributed by atoms with Gasteiger partial charge in [0.25, 0.3) is 11.8 Å². The van der Waals surface area contributed by atoms with Crippen LogP contribution in [-0.4, -0.2) is 141 Å². The summed E-state index contributed by atoms with van der Waals surface area (Å²) in [4.78, 5) is 63.5. The van der Waals surface area contributed by atoms with E-state index in [1.54, 1.807) is 9.80 Å². The van der Waals surface area contributed by atoms with Gasteiger partial charge in [-0.15, -0.1) is 0 Å². The van der Waals surface area contributed by atoms with Crippen molar-refractivity contribution in [2.45, 2.75) is 51.4 Å². The van der Waals surface area contributed by atoms with Crippen LogP contribution in [0.1, 0.15) is 51.4 Å². The second kappa shape index (κ2) is 15.9. The third kappa shape index (κ3) is 8.75. The van der Waals surface area contributed by atoms with E-state index in [2.05, 4.69) is 23.9 Å². The summed E-state index contributed by atoms with van der Waals surface area (Å²) in [7, 11) is 4.14. The van der Waals surface area contributed by atoms with Crippen LogP contribution in [0.4, 0.5) is 0 Å². The van der Waals surface area contributed by atoms with Crippen molar-refractivity contribution in [1.29, 1.82) is 0 Å². The molecule has 0 saturated carbocycles. The minimum atomic E-state index is -0.235. The van der Waals surface area contributed by atoms with Crippen LogP contribution in [-0.2, 0) is 19.2 Å². The van der Waals surface area contributed by atoms with Crippen molar-refractivity contribution in [2.24, 2.45) is 0 Å². The quantitative estimate of drug-likeness (QED) is 0.178. The molecule has 0 aliphatic carbocycles. The molecule has 4 amide bonds. The molecule has 4 fully saturated rings. The van der Waals surface area contributed by atoms with Crippen LogP contribution in [0, 0.1) is 0 Å². The molecule has 42 heavy (non-hydrogen) atoms. The summed E-state index contributed by atoms with van der Waals surface area (Å²) in [6.45, 7) is 7.77. The number of rotatable bonds is 12. The van der Waals surface area contributed by atoms with Crippen molar-refractivity contribution >= 4 is 80.2 Å². The number of unbranched alkanes of at least 4 members (excludes halogenated alkanes) is 4. The van der Waals surface area contributed by atoms with Crippen LogP contribution in [0.15, 0.2) is 9.81 Å². The number of likely N-dealkylation sites (N-methyl/N-ethyl adjacent to an activating group) is 2. The van der Waals surface area contributed by atoms with Crippen molar-refractivity contribution in [3.05, 3.63) is 9.81 Å². The maximum absolute atomic E-state index is 13.2. The van der Waals surface area contributed by atoms with Crippen LogP contribution in [0.5, 0.6) is 0 Å². The number of hydrogen-bond donors (Lipinski definition) is 0.